The largest absolute Gasteiger partial charge is 0.497 e. The molecule has 0 spiro atoms. The van der Waals surface area contributed by atoms with Crippen LogP contribution in [0.15, 0.2) is 84.1 Å². The number of rotatable bonds is 4. The van der Waals surface area contributed by atoms with E-state index in [-0.39, 0.29) is 17.4 Å². The molecule has 0 radical (unpaired) electrons. The van der Waals surface area contributed by atoms with Crippen LogP contribution in [0.4, 0.5) is 17.1 Å². The number of non-ortho nitro benzene ring substituents is 1. The molecule has 2 aliphatic rings. The molecule has 166 valence electrons. The van der Waals surface area contributed by atoms with Crippen LogP contribution < -0.4 is 15.4 Å². The van der Waals surface area contributed by atoms with Crippen molar-refractivity contribution in [1.29, 1.82) is 0 Å². The van der Waals surface area contributed by atoms with E-state index < -0.39 is 11.0 Å². The third kappa shape index (κ3) is 3.93. The number of ketones is 1. The minimum Gasteiger partial charge on any atom is -0.497 e. The average Bonchev–Trinajstić information content (AvgIpc) is 3.01. The van der Waals surface area contributed by atoms with Gasteiger partial charge in [0.1, 0.15) is 5.75 Å². The zero-order chi connectivity index (χ0) is 22.9. The zero-order valence-corrected chi connectivity index (χ0v) is 18.1. The second kappa shape index (κ2) is 8.43. The summed E-state index contributed by atoms with van der Waals surface area (Å²) < 4.78 is 5.26. The first kappa shape index (κ1) is 20.8. The van der Waals surface area contributed by atoms with Gasteiger partial charge in [-0.3, -0.25) is 14.9 Å². The van der Waals surface area contributed by atoms with Gasteiger partial charge in [-0.05, 0) is 47.7 Å². The maximum Gasteiger partial charge on any atom is 0.269 e. The number of carbonyl (C=O) groups is 1. The standard InChI is InChI=1S/C26H23N3O4/c1-33-20-11-9-16(10-12-20)18-14-23-25(24(30)15-18)26(17-5-4-6-19(13-17)29(31)32)28-22-8-3-2-7-21(22)27-23/h2-13,18,26-28H,14-15H2,1H3/t18-,26-/m0/s1. The number of para-hydroxylation sites is 2. The summed E-state index contributed by atoms with van der Waals surface area (Å²) in [5.74, 6) is 0.837. The van der Waals surface area contributed by atoms with Gasteiger partial charge in [0.05, 0.1) is 29.4 Å². The Bertz CT molecular complexity index is 1270. The molecule has 33 heavy (non-hydrogen) atoms. The molecule has 1 aliphatic heterocycles. The first-order valence-electron chi connectivity index (χ1n) is 10.8. The zero-order valence-electron chi connectivity index (χ0n) is 18.1. The Kier molecular flexibility index (Phi) is 5.30. The number of allylic oxidation sites excluding steroid dienone is 1. The smallest absolute Gasteiger partial charge is 0.269 e. The molecule has 1 heterocycles. The Morgan fingerprint density at radius 3 is 2.42 bits per heavy atom. The summed E-state index contributed by atoms with van der Waals surface area (Å²) in [5.41, 5.74) is 4.97. The third-order valence-corrected chi connectivity index (χ3v) is 6.31. The highest BCUT2D eigenvalue weighted by atomic mass is 16.6. The Labute approximate surface area is 191 Å². The molecule has 2 N–H and O–H groups in total. The number of hydrogen-bond acceptors (Lipinski definition) is 6. The number of methoxy groups -OCH3 is 1. The van der Waals surface area contributed by atoms with Crippen LogP contribution in [-0.4, -0.2) is 17.8 Å². The van der Waals surface area contributed by atoms with Gasteiger partial charge in [-0.25, -0.2) is 0 Å². The number of nitrogens with zero attached hydrogens (tertiary/aromatic N) is 1. The van der Waals surface area contributed by atoms with Crippen molar-refractivity contribution >= 4 is 22.8 Å². The highest BCUT2D eigenvalue weighted by Crippen LogP contribution is 2.44. The number of nitrogens with one attached hydrogen (secondary N) is 2. The molecule has 0 bridgehead atoms. The van der Waals surface area contributed by atoms with E-state index in [2.05, 4.69) is 10.6 Å². The fourth-order valence-electron chi connectivity index (χ4n) is 4.67. The molecule has 7 nitrogen and oxygen atoms in total. The molecule has 0 aromatic heterocycles. The van der Waals surface area contributed by atoms with Crippen molar-refractivity contribution in [2.75, 3.05) is 17.7 Å². The maximum atomic E-state index is 13.5. The molecular formula is C26H23N3O4. The summed E-state index contributed by atoms with van der Waals surface area (Å²) in [4.78, 5) is 24.5. The number of Topliss-reactive ketones (excluding diaryl/α,β-unsaturated/α-hetero) is 1. The fourth-order valence-corrected chi connectivity index (χ4v) is 4.67. The predicted octanol–water partition coefficient (Wildman–Crippen LogP) is 5.58. The Morgan fingerprint density at radius 1 is 0.939 bits per heavy atom. The van der Waals surface area contributed by atoms with Crippen molar-refractivity contribution in [2.24, 2.45) is 0 Å². The highest BCUT2D eigenvalue weighted by Gasteiger charge is 2.36. The summed E-state index contributed by atoms with van der Waals surface area (Å²) in [6.45, 7) is 0. The second-order valence-electron chi connectivity index (χ2n) is 8.29. The highest BCUT2D eigenvalue weighted by molar-refractivity contribution is 6.01. The molecule has 1 aliphatic carbocycles. The summed E-state index contributed by atoms with van der Waals surface area (Å²) >= 11 is 0. The van der Waals surface area contributed by atoms with Gasteiger partial charge in [0, 0.05) is 29.8 Å². The van der Waals surface area contributed by atoms with Crippen molar-refractivity contribution in [1.82, 2.24) is 0 Å². The normalized spacial score (nSPS) is 19.5. The van der Waals surface area contributed by atoms with Crippen LogP contribution >= 0.6 is 0 Å². The molecule has 0 fully saturated rings. The van der Waals surface area contributed by atoms with Crippen molar-refractivity contribution in [3.05, 3.63) is 105 Å². The summed E-state index contributed by atoms with van der Waals surface area (Å²) in [5, 5.41) is 18.3. The minimum atomic E-state index is -0.486. The first-order valence-corrected chi connectivity index (χ1v) is 10.8. The number of hydrogen-bond donors (Lipinski definition) is 2. The van der Waals surface area contributed by atoms with Crippen molar-refractivity contribution in [3.8, 4) is 5.75 Å². The molecule has 0 amide bonds. The lowest BCUT2D eigenvalue weighted by Gasteiger charge is -2.30. The van der Waals surface area contributed by atoms with Gasteiger partial charge >= 0.3 is 0 Å². The first-order chi connectivity index (χ1) is 16.0. The van der Waals surface area contributed by atoms with Crippen LogP contribution in [-0.2, 0) is 4.79 Å². The second-order valence-corrected chi connectivity index (χ2v) is 8.29. The molecule has 0 saturated heterocycles. The molecule has 3 aromatic rings. The van der Waals surface area contributed by atoms with E-state index in [1.54, 1.807) is 19.2 Å². The van der Waals surface area contributed by atoms with Crippen molar-refractivity contribution < 1.29 is 14.5 Å². The molecule has 0 unspecified atom stereocenters. The molecule has 2 atom stereocenters. The van der Waals surface area contributed by atoms with Crippen molar-refractivity contribution in [3.63, 3.8) is 0 Å². The van der Waals surface area contributed by atoms with Crippen LogP contribution in [0.25, 0.3) is 0 Å². The van der Waals surface area contributed by atoms with Gasteiger partial charge < -0.3 is 15.4 Å². The van der Waals surface area contributed by atoms with E-state index >= 15 is 0 Å². The number of anilines is 2. The van der Waals surface area contributed by atoms with Crippen LogP contribution in [0.3, 0.4) is 0 Å². The molecular weight excluding hydrogens is 418 g/mol. The lowest BCUT2D eigenvalue weighted by Crippen LogP contribution is -2.26. The monoisotopic (exact) mass is 441 g/mol. The van der Waals surface area contributed by atoms with Gasteiger partial charge in [-0.1, -0.05) is 36.4 Å². The average molecular weight is 441 g/mol. The predicted molar refractivity (Wildman–Crippen MR) is 127 cm³/mol. The summed E-state index contributed by atoms with van der Waals surface area (Å²) in [6, 6.07) is 21.6. The molecule has 0 saturated carbocycles. The van der Waals surface area contributed by atoms with Crippen LogP contribution in [0.1, 0.15) is 35.9 Å². The van der Waals surface area contributed by atoms with Crippen LogP contribution in [0.5, 0.6) is 5.75 Å². The molecule has 7 heteroatoms. The fraction of sp³-hybridized carbons (Fsp3) is 0.192. The third-order valence-electron chi connectivity index (χ3n) is 6.31. The van der Waals surface area contributed by atoms with E-state index in [1.165, 1.54) is 6.07 Å². The number of nitro benzene ring substituents is 1. The number of nitro groups is 1. The minimum absolute atomic E-state index is 0.00121. The van der Waals surface area contributed by atoms with Gasteiger partial charge in [-0.15, -0.1) is 0 Å². The Balaban J connectivity index is 1.59. The number of fused-ring (bicyclic) bond motifs is 1. The van der Waals surface area contributed by atoms with Gasteiger partial charge in [0.25, 0.3) is 5.69 Å². The quantitative estimate of drug-likeness (QED) is 0.405. The Morgan fingerprint density at radius 2 is 1.70 bits per heavy atom. The van der Waals surface area contributed by atoms with Gasteiger partial charge in [-0.2, -0.15) is 0 Å². The van der Waals surface area contributed by atoms with Crippen LogP contribution in [0, 0.1) is 10.1 Å². The topological polar surface area (TPSA) is 93.5 Å². The van der Waals surface area contributed by atoms with E-state index in [0.717, 1.165) is 28.4 Å². The SMILES string of the molecule is COc1ccc([C@@H]2CC(=O)C3=C(C2)Nc2ccccc2N[C@H]3c2cccc([N+](=O)[O-])c2)cc1. The lowest BCUT2D eigenvalue weighted by atomic mass is 9.78. The van der Waals surface area contributed by atoms with E-state index in [1.807, 2.05) is 54.6 Å². The van der Waals surface area contributed by atoms with Crippen molar-refractivity contribution in [2.45, 2.75) is 24.8 Å². The Hall–Kier alpha value is -4.13. The summed E-state index contributed by atoms with van der Waals surface area (Å²) in [6.07, 6.45) is 1.03. The lowest BCUT2D eigenvalue weighted by molar-refractivity contribution is -0.384. The molecule has 5 rings (SSSR count). The van der Waals surface area contributed by atoms with E-state index in [0.29, 0.717) is 24.0 Å². The van der Waals surface area contributed by atoms with E-state index in [4.69, 9.17) is 4.74 Å². The van der Waals surface area contributed by atoms with E-state index in [9.17, 15) is 14.9 Å². The number of ether oxygens (including phenoxy) is 1. The van der Waals surface area contributed by atoms with Gasteiger partial charge in [0.2, 0.25) is 0 Å². The summed E-state index contributed by atoms with van der Waals surface area (Å²) in [7, 11) is 1.63. The number of carbonyl (C=O) groups excluding carboxylic acids is 1. The maximum absolute atomic E-state index is 13.5. The van der Waals surface area contributed by atoms with Crippen LogP contribution in [0.2, 0.25) is 0 Å². The number of benzene rings is 3. The molecule has 3 aromatic carbocycles. The van der Waals surface area contributed by atoms with Gasteiger partial charge in [0.15, 0.2) is 5.78 Å².